The quantitative estimate of drug-likeness (QED) is 0.474. The molecule has 2 aromatic carbocycles. The maximum Gasteiger partial charge on any atom is 0.267 e. The molecule has 9 heteroatoms. The molecule has 24 heavy (non-hydrogen) atoms. The summed E-state index contributed by atoms with van der Waals surface area (Å²) in [7, 11) is -4.26. The van der Waals surface area contributed by atoms with Crippen LogP contribution in [-0.2, 0) is 14.8 Å². The van der Waals surface area contributed by atoms with Crippen LogP contribution in [0.5, 0.6) is 11.5 Å². The summed E-state index contributed by atoms with van der Waals surface area (Å²) in [5, 5.41) is 19.1. The predicted molar refractivity (Wildman–Crippen MR) is 90.9 cm³/mol. The SMILES string of the molecule is NC(=O)C(=Cc1ccc(O)c(O)c1)S(=O)(=O)Nc1ccc(Cl)cc1. The fourth-order valence-electron chi connectivity index (χ4n) is 1.79. The molecule has 0 spiro atoms. The van der Waals surface area contributed by atoms with Gasteiger partial charge in [0.25, 0.3) is 15.9 Å². The first-order chi connectivity index (χ1) is 11.2. The van der Waals surface area contributed by atoms with Crippen molar-refractivity contribution in [2.45, 2.75) is 0 Å². The van der Waals surface area contributed by atoms with Crippen molar-refractivity contribution in [2.75, 3.05) is 4.72 Å². The molecule has 0 aliphatic rings. The maximum absolute atomic E-state index is 12.4. The van der Waals surface area contributed by atoms with Crippen molar-refractivity contribution in [2.24, 2.45) is 5.73 Å². The lowest BCUT2D eigenvalue weighted by Crippen LogP contribution is -2.25. The highest BCUT2D eigenvalue weighted by atomic mass is 35.5. The van der Waals surface area contributed by atoms with Crippen LogP contribution >= 0.6 is 11.6 Å². The minimum atomic E-state index is -4.26. The molecule has 0 atom stereocenters. The predicted octanol–water partition coefficient (Wildman–Crippen LogP) is 2.02. The summed E-state index contributed by atoms with van der Waals surface area (Å²) in [5.41, 5.74) is 5.52. The number of carbonyl (C=O) groups excluding carboxylic acids is 1. The van der Waals surface area contributed by atoms with Crippen LogP contribution in [0.2, 0.25) is 5.02 Å². The number of hydrogen-bond acceptors (Lipinski definition) is 5. The van der Waals surface area contributed by atoms with Gasteiger partial charge in [-0.25, -0.2) is 8.42 Å². The molecule has 0 aliphatic carbocycles. The normalized spacial score (nSPS) is 12.0. The Labute approximate surface area is 143 Å². The number of phenolic OH excluding ortho intramolecular Hbond substituents is 2. The summed E-state index contributed by atoms with van der Waals surface area (Å²) in [4.78, 5) is 10.8. The summed E-state index contributed by atoms with van der Waals surface area (Å²) >= 11 is 5.72. The highest BCUT2D eigenvalue weighted by molar-refractivity contribution is 7.97. The topological polar surface area (TPSA) is 130 Å². The summed E-state index contributed by atoms with van der Waals surface area (Å²) < 4.78 is 26.9. The van der Waals surface area contributed by atoms with E-state index in [1.165, 1.54) is 30.3 Å². The third-order valence-electron chi connectivity index (χ3n) is 2.93. The minimum absolute atomic E-state index is 0.167. The molecule has 0 unspecified atom stereocenters. The number of rotatable bonds is 5. The van der Waals surface area contributed by atoms with Gasteiger partial charge in [-0.15, -0.1) is 0 Å². The van der Waals surface area contributed by atoms with Crippen LogP contribution in [0.15, 0.2) is 47.4 Å². The fraction of sp³-hybridized carbons (Fsp3) is 0. The van der Waals surface area contributed by atoms with Crippen molar-refractivity contribution in [3.63, 3.8) is 0 Å². The Kier molecular flexibility index (Phi) is 5.01. The van der Waals surface area contributed by atoms with Gasteiger partial charge in [0.1, 0.15) is 0 Å². The van der Waals surface area contributed by atoms with E-state index in [1.54, 1.807) is 0 Å². The van der Waals surface area contributed by atoms with Crippen LogP contribution in [-0.4, -0.2) is 24.5 Å². The molecule has 126 valence electrons. The second kappa shape index (κ2) is 6.81. The van der Waals surface area contributed by atoms with E-state index in [0.29, 0.717) is 5.02 Å². The number of aromatic hydroxyl groups is 2. The molecule has 1 amide bonds. The van der Waals surface area contributed by atoms with Crippen LogP contribution in [0, 0.1) is 0 Å². The van der Waals surface area contributed by atoms with Crippen LogP contribution in [0.25, 0.3) is 6.08 Å². The molecule has 7 nitrogen and oxygen atoms in total. The zero-order chi connectivity index (χ0) is 17.9. The molecule has 5 N–H and O–H groups in total. The van der Waals surface area contributed by atoms with Gasteiger partial charge < -0.3 is 15.9 Å². The second-order valence-corrected chi connectivity index (χ2v) is 6.82. The lowest BCUT2D eigenvalue weighted by molar-refractivity contribution is -0.113. The number of benzene rings is 2. The molecule has 0 heterocycles. The molecule has 0 radical (unpaired) electrons. The molecule has 0 aromatic heterocycles. The Bertz CT molecular complexity index is 908. The fourth-order valence-corrected chi connectivity index (χ4v) is 3.03. The van der Waals surface area contributed by atoms with Crippen molar-refractivity contribution in [3.05, 3.63) is 58.0 Å². The first-order valence-electron chi connectivity index (χ1n) is 6.51. The molecule has 0 saturated carbocycles. The van der Waals surface area contributed by atoms with Crippen molar-refractivity contribution in [3.8, 4) is 11.5 Å². The summed E-state index contributed by atoms with van der Waals surface area (Å²) in [6.45, 7) is 0. The van der Waals surface area contributed by atoms with E-state index in [-0.39, 0.29) is 17.0 Å². The number of carbonyl (C=O) groups is 1. The van der Waals surface area contributed by atoms with Gasteiger partial charge in [0, 0.05) is 10.7 Å². The molecule has 0 fully saturated rings. The highest BCUT2D eigenvalue weighted by Gasteiger charge is 2.23. The van der Waals surface area contributed by atoms with E-state index in [9.17, 15) is 23.4 Å². The number of halogens is 1. The highest BCUT2D eigenvalue weighted by Crippen LogP contribution is 2.27. The van der Waals surface area contributed by atoms with Gasteiger partial charge in [-0.05, 0) is 48.0 Å². The Morgan fingerprint density at radius 2 is 1.71 bits per heavy atom. The standard InChI is InChI=1S/C15H13ClN2O5S/c16-10-2-4-11(5-3-10)18-24(22,23)14(15(17)21)8-9-1-6-12(19)13(20)7-9/h1-8,18-20H,(H2,17,21). The summed E-state index contributed by atoms with van der Waals surface area (Å²) in [5.74, 6) is -2.02. The van der Waals surface area contributed by atoms with E-state index < -0.39 is 26.6 Å². The number of anilines is 1. The van der Waals surface area contributed by atoms with E-state index in [2.05, 4.69) is 4.72 Å². The number of amides is 1. The third-order valence-corrected chi connectivity index (χ3v) is 4.58. The van der Waals surface area contributed by atoms with Crippen molar-refractivity contribution >= 4 is 39.3 Å². The summed E-state index contributed by atoms with van der Waals surface area (Å²) in [6.07, 6.45) is 0.986. The molecule has 2 aromatic rings. The Hall–Kier alpha value is -2.71. The zero-order valence-electron chi connectivity index (χ0n) is 12.1. The zero-order valence-corrected chi connectivity index (χ0v) is 13.7. The van der Waals surface area contributed by atoms with Crippen LogP contribution in [0.4, 0.5) is 5.69 Å². The van der Waals surface area contributed by atoms with Crippen LogP contribution in [0.1, 0.15) is 5.56 Å². The molecule has 0 bridgehead atoms. The third kappa shape index (κ3) is 4.18. The molecule has 0 saturated heterocycles. The number of hydrogen-bond donors (Lipinski definition) is 4. The number of nitrogens with two attached hydrogens (primary N) is 1. The van der Waals surface area contributed by atoms with Crippen LogP contribution < -0.4 is 10.5 Å². The molecule has 0 aliphatic heterocycles. The average Bonchev–Trinajstić information content (AvgIpc) is 2.50. The minimum Gasteiger partial charge on any atom is -0.504 e. The van der Waals surface area contributed by atoms with E-state index in [0.717, 1.165) is 18.2 Å². The van der Waals surface area contributed by atoms with E-state index in [1.807, 2.05) is 0 Å². The Morgan fingerprint density at radius 3 is 2.25 bits per heavy atom. The van der Waals surface area contributed by atoms with Gasteiger partial charge in [0.2, 0.25) is 0 Å². The lowest BCUT2D eigenvalue weighted by atomic mass is 10.2. The van der Waals surface area contributed by atoms with Crippen LogP contribution in [0.3, 0.4) is 0 Å². The first kappa shape index (κ1) is 17.6. The van der Waals surface area contributed by atoms with Gasteiger partial charge in [-0.3, -0.25) is 9.52 Å². The van der Waals surface area contributed by atoms with Gasteiger partial charge in [-0.2, -0.15) is 0 Å². The smallest absolute Gasteiger partial charge is 0.267 e. The average molecular weight is 369 g/mol. The van der Waals surface area contributed by atoms with Crippen molar-refractivity contribution in [1.82, 2.24) is 0 Å². The summed E-state index contributed by atoms with van der Waals surface area (Å²) in [6, 6.07) is 9.36. The molecule has 2 rings (SSSR count). The van der Waals surface area contributed by atoms with Crippen molar-refractivity contribution in [1.29, 1.82) is 0 Å². The maximum atomic E-state index is 12.4. The lowest BCUT2D eigenvalue weighted by Gasteiger charge is -2.09. The van der Waals surface area contributed by atoms with Gasteiger partial charge in [-0.1, -0.05) is 17.7 Å². The van der Waals surface area contributed by atoms with E-state index >= 15 is 0 Å². The van der Waals surface area contributed by atoms with Gasteiger partial charge in [0.05, 0.1) is 0 Å². The van der Waals surface area contributed by atoms with E-state index in [4.69, 9.17) is 17.3 Å². The first-order valence-corrected chi connectivity index (χ1v) is 8.37. The Morgan fingerprint density at radius 1 is 1.08 bits per heavy atom. The molecular weight excluding hydrogens is 356 g/mol. The second-order valence-electron chi connectivity index (χ2n) is 4.73. The number of phenols is 2. The largest absolute Gasteiger partial charge is 0.504 e. The number of sulfonamides is 1. The number of nitrogens with one attached hydrogen (secondary N) is 1. The molecular formula is C15H13ClN2O5S. The Balaban J connectivity index is 2.41. The number of primary amides is 1. The van der Waals surface area contributed by atoms with Gasteiger partial charge >= 0.3 is 0 Å². The van der Waals surface area contributed by atoms with Gasteiger partial charge in [0.15, 0.2) is 16.4 Å². The van der Waals surface area contributed by atoms with Crippen molar-refractivity contribution < 1.29 is 23.4 Å². The monoisotopic (exact) mass is 368 g/mol.